The van der Waals surface area contributed by atoms with E-state index in [0.717, 1.165) is 30.4 Å². The first-order chi connectivity index (χ1) is 15.8. The second kappa shape index (κ2) is 11.3. The molecule has 8 nitrogen and oxygen atoms in total. The molecule has 33 heavy (non-hydrogen) atoms. The van der Waals surface area contributed by atoms with E-state index in [4.69, 9.17) is 4.74 Å². The number of hydrogen-bond acceptors (Lipinski definition) is 5. The van der Waals surface area contributed by atoms with Gasteiger partial charge in [0.2, 0.25) is 21.8 Å². The van der Waals surface area contributed by atoms with Crippen molar-refractivity contribution in [3.63, 3.8) is 0 Å². The second-order valence-electron chi connectivity index (χ2n) is 8.12. The summed E-state index contributed by atoms with van der Waals surface area (Å²) in [5, 5.41) is 5.65. The summed E-state index contributed by atoms with van der Waals surface area (Å²) in [7, 11) is -1.90. The molecule has 2 N–H and O–H groups in total. The molecule has 1 saturated heterocycles. The van der Waals surface area contributed by atoms with Crippen LogP contribution in [0.3, 0.4) is 0 Å². The van der Waals surface area contributed by atoms with Crippen molar-refractivity contribution in [2.24, 2.45) is 0 Å². The average molecular weight is 474 g/mol. The molecular formula is C24H31N3O5S. The SMILES string of the molecule is COc1ccc(C(CC(=O)NCc2ccc(S(=O)(=O)N3CCCCC3)cc2)NC(C)=O)cc1. The second-order valence-corrected chi connectivity index (χ2v) is 10.1. The third-order valence-corrected chi connectivity index (χ3v) is 7.56. The fourth-order valence-corrected chi connectivity index (χ4v) is 5.34. The highest BCUT2D eigenvalue weighted by molar-refractivity contribution is 7.89. The van der Waals surface area contributed by atoms with E-state index in [0.29, 0.717) is 18.8 Å². The van der Waals surface area contributed by atoms with Crippen LogP contribution in [0.4, 0.5) is 0 Å². The highest BCUT2D eigenvalue weighted by Crippen LogP contribution is 2.22. The van der Waals surface area contributed by atoms with Crippen molar-refractivity contribution in [1.82, 2.24) is 14.9 Å². The van der Waals surface area contributed by atoms with E-state index in [-0.39, 0.29) is 29.7 Å². The highest BCUT2D eigenvalue weighted by Gasteiger charge is 2.25. The zero-order valence-electron chi connectivity index (χ0n) is 19.0. The van der Waals surface area contributed by atoms with Gasteiger partial charge in [-0.05, 0) is 48.2 Å². The Labute approximate surface area is 195 Å². The monoisotopic (exact) mass is 473 g/mol. The molecule has 2 amide bonds. The van der Waals surface area contributed by atoms with Gasteiger partial charge in [-0.15, -0.1) is 0 Å². The smallest absolute Gasteiger partial charge is 0.243 e. The number of hydrogen-bond donors (Lipinski definition) is 2. The zero-order chi connectivity index (χ0) is 23.8. The lowest BCUT2D eigenvalue weighted by molar-refractivity contribution is -0.122. The highest BCUT2D eigenvalue weighted by atomic mass is 32.2. The molecule has 1 unspecified atom stereocenters. The van der Waals surface area contributed by atoms with Gasteiger partial charge >= 0.3 is 0 Å². The minimum atomic E-state index is -3.48. The minimum absolute atomic E-state index is 0.0767. The van der Waals surface area contributed by atoms with Crippen molar-refractivity contribution in [1.29, 1.82) is 0 Å². The molecule has 0 spiro atoms. The van der Waals surface area contributed by atoms with Gasteiger partial charge in [0.1, 0.15) is 5.75 Å². The summed E-state index contributed by atoms with van der Waals surface area (Å²) in [5.41, 5.74) is 1.59. The standard InChI is InChI=1S/C24H31N3O5S/c1-18(28)26-23(20-8-10-21(32-2)11-9-20)16-24(29)25-17-19-6-12-22(13-7-19)33(30,31)27-14-4-3-5-15-27/h6-13,23H,3-5,14-17H2,1-2H3,(H,25,29)(H,26,28). The van der Waals surface area contributed by atoms with Crippen LogP contribution >= 0.6 is 0 Å². The molecule has 1 heterocycles. The van der Waals surface area contributed by atoms with Gasteiger partial charge in [0.15, 0.2) is 0 Å². The fraction of sp³-hybridized carbons (Fsp3) is 0.417. The van der Waals surface area contributed by atoms with Gasteiger partial charge in [0, 0.05) is 26.6 Å². The van der Waals surface area contributed by atoms with Crippen LogP contribution in [-0.2, 0) is 26.2 Å². The first kappa shape index (κ1) is 24.7. The van der Waals surface area contributed by atoms with Crippen LogP contribution in [0.5, 0.6) is 5.75 Å². The van der Waals surface area contributed by atoms with E-state index in [1.807, 2.05) is 12.1 Å². The van der Waals surface area contributed by atoms with Gasteiger partial charge in [0.25, 0.3) is 0 Å². The minimum Gasteiger partial charge on any atom is -0.497 e. The average Bonchev–Trinajstić information content (AvgIpc) is 2.83. The summed E-state index contributed by atoms with van der Waals surface area (Å²) < 4.78 is 32.2. The Morgan fingerprint density at radius 1 is 1.00 bits per heavy atom. The lowest BCUT2D eigenvalue weighted by atomic mass is 10.0. The molecule has 9 heteroatoms. The molecule has 1 atom stereocenters. The number of nitrogens with zero attached hydrogens (tertiary/aromatic N) is 1. The quantitative estimate of drug-likeness (QED) is 0.583. The molecule has 0 aliphatic carbocycles. The molecule has 1 aliphatic heterocycles. The molecule has 178 valence electrons. The van der Waals surface area contributed by atoms with Gasteiger partial charge in [-0.3, -0.25) is 9.59 Å². The van der Waals surface area contributed by atoms with Crippen LogP contribution in [0.15, 0.2) is 53.4 Å². The number of methoxy groups -OCH3 is 1. The Balaban J connectivity index is 1.58. The summed E-state index contributed by atoms with van der Waals surface area (Å²) in [6.45, 7) is 2.79. The van der Waals surface area contributed by atoms with E-state index in [2.05, 4.69) is 10.6 Å². The zero-order valence-corrected chi connectivity index (χ0v) is 19.9. The summed E-state index contributed by atoms with van der Waals surface area (Å²) >= 11 is 0. The fourth-order valence-electron chi connectivity index (χ4n) is 3.83. The summed E-state index contributed by atoms with van der Waals surface area (Å²) in [4.78, 5) is 24.4. The summed E-state index contributed by atoms with van der Waals surface area (Å²) in [5.74, 6) is 0.235. The predicted octanol–water partition coefficient (Wildman–Crippen LogP) is 2.75. The summed E-state index contributed by atoms with van der Waals surface area (Å²) in [6, 6.07) is 13.3. The maximum atomic E-state index is 12.8. The van der Waals surface area contributed by atoms with Crippen LogP contribution in [0.2, 0.25) is 0 Å². The van der Waals surface area contributed by atoms with Crippen LogP contribution in [0.1, 0.15) is 49.8 Å². The van der Waals surface area contributed by atoms with Crippen molar-refractivity contribution in [3.05, 3.63) is 59.7 Å². The number of nitrogens with one attached hydrogen (secondary N) is 2. The van der Waals surface area contributed by atoms with Crippen molar-refractivity contribution in [2.75, 3.05) is 20.2 Å². The van der Waals surface area contributed by atoms with Crippen LogP contribution in [0.25, 0.3) is 0 Å². The number of rotatable bonds is 9. The number of benzene rings is 2. The number of amides is 2. The Morgan fingerprint density at radius 2 is 1.64 bits per heavy atom. The largest absolute Gasteiger partial charge is 0.497 e. The number of ether oxygens (including phenoxy) is 1. The first-order valence-electron chi connectivity index (χ1n) is 11.1. The maximum Gasteiger partial charge on any atom is 0.243 e. The lowest BCUT2D eigenvalue weighted by Gasteiger charge is -2.25. The predicted molar refractivity (Wildman–Crippen MR) is 125 cm³/mol. The normalized spacial score (nSPS) is 15.5. The van der Waals surface area contributed by atoms with E-state index in [9.17, 15) is 18.0 Å². The van der Waals surface area contributed by atoms with Gasteiger partial charge in [-0.1, -0.05) is 30.7 Å². The van der Waals surface area contributed by atoms with E-state index in [1.54, 1.807) is 43.5 Å². The molecule has 2 aromatic rings. The van der Waals surface area contributed by atoms with E-state index < -0.39 is 16.1 Å². The number of carbonyl (C=O) groups is 2. The number of carbonyl (C=O) groups excluding carboxylic acids is 2. The van der Waals surface area contributed by atoms with E-state index in [1.165, 1.54) is 11.2 Å². The third kappa shape index (κ3) is 6.79. The van der Waals surface area contributed by atoms with Gasteiger partial charge in [-0.25, -0.2) is 8.42 Å². The van der Waals surface area contributed by atoms with Crippen molar-refractivity contribution in [3.8, 4) is 5.75 Å². The first-order valence-corrected chi connectivity index (χ1v) is 12.5. The van der Waals surface area contributed by atoms with Crippen LogP contribution < -0.4 is 15.4 Å². The molecular weight excluding hydrogens is 442 g/mol. The van der Waals surface area contributed by atoms with Crippen LogP contribution in [0, 0.1) is 0 Å². The van der Waals surface area contributed by atoms with Gasteiger partial charge in [0.05, 0.1) is 24.5 Å². The molecule has 3 rings (SSSR count). The summed E-state index contributed by atoms with van der Waals surface area (Å²) in [6.07, 6.45) is 2.91. The number of sulfonamides is 1. The topological polar surface area (TPSA) is 105 Å². The molecule has 0 aromatic heterocycles. The maximum absolute atomic E-state index is 12.8. The molecule has 1 aliphatic rings. The Hall–Kier alpha value is -2.91. The van der Waals surface area contributed by atoms with Crippen molar-refractivity contribution >= 4 is 21.8 Å². The Morgan fingerprint density at radius 3 is 2.21 bits per heavy atom. The van der Waals surface area contributed by atoms with Crippen molar-refractivity contribution in [2.45, 2.75) is 50.1 Å². The van der Waals surface area contributed by atoms with Gasteiger partial charge in [-0.2, -0.15) is 4.31 Å². The lowest BCUT2D eigenvalue weighted by Crippen LogP contribution is -2.35. The van der Waals surface area contributed by atoms with Crippen molar-refractivity contribution < 1.29 is 22.7 Å². The Bertz CT molecular complexity index is 1050. The molecule has 2 aromatic carbocycles. The third-order valence-electron chi connectivity index (χ3n) is 5.65. The molecule has 0 radical (unpaired) electrons. The van der Waals surface area contributed by atoms with Crippen LogP contribution in [-0.4, -0.2) is 44.7 Å². The number of piperidine rings is 1. The van der Waals surface area contributed by atoms with E-state index >= 15 is 0 Å². The Kier molecular flexibility index (Phi) is 8.46. The molecule has 0 bridgehead atoms. The van der Waals surface area contributed by atoms with Gasteiger partial charge < -0.3 is 15.4 Å². The molecule has 0 saturated carbocycles. The molecule has 1 fully saturated rings.